The lowest BCUT2D eigenvalue weighted by molar-refractivity contribution is -0.482. The van der Waals surface area contributed by atoms with Crippen molar-refractivity contribution in [3.8, 4) is 0 Å². The molecule has 0 aromatic heterocycles. The summed E-state index contributed by atoms with van der Waals surface area (Å²) in [6, 6.07) is -0.633. The molecule has 0 heterocycles. The summed E-state index contributed by atoms with van der Waals surface area (Å²) in [6.45, 7) is 1.84. The molecule has 5 nitrogen and oxygen atoms in total. The van der Waals surface area contributed by atoms with Gasteiger partial charge in [-0.2, -0.15) is 4.91 Å². The number of nitro groups is 1. The highest BCUT2D eigenvalue weighted by Crippen LogP contribution is 2.10. The van der Waals surface area contributed by atoms with Crippen molar-refractivity contribution in [2.24, 2.45) is 5.18 Å². The van der Waals surface area contributed by atoms with Crippen molar-refractivity contribution in [3.05, 3.63) is 15.0 Å². The van der Waals surface area contributed by atoms with E-state index in [4.69, 9.17) is 0 Å². The van der Waals surface area contributed by atoms with Crippen LogP contribution in [0.25, 0.3) is 0 Å². The smallest absolute Gasteiger partial charge is 0.229 e. The van der Waals surface area contributed by atoms with Crippen LogP contribution in [-0.2, 0) is 0 Å². The van der Waals surface area contributed by atoms with Crippen LogP contribution in [0.4, 0.5) is 0 Å². The fourth-order valence-corrected chi connectivity index (χ4v) is 1.51. The van der Waals surface area contributed by atoms with Crippen molar-refractivity contribution < 1.29 is 4.92 Å². The van der Waals surface area contributed by atoms with Crippen LogP contribution in [0.2, 0.25) is 0 Å². The van der Waals surface area contributed by atoms with E-state index in [0.29, 0.717) is 6.42 Å². The van der Waals surface area contributed by atoms with Gasteiger partial charge in [0.25, 0.3) is 0 Å². The average Bonchev–Trinajstić information content (AvgIpc) is 2.20. The maximum atomic E-state index is 10.3. The molecule has 0 radical (unpaired) electrons. The van der Waals surface area contributed by atoms with Crippen LogP contribution in [0.1, 0.15) is 51.9 Å². The summed E-state index contributed by atoms with van der Waals surface area (Å²) in [5.74, 6) is 0. The zero-order valence-corrected chi connectivity index (χ0v) is 9.35. The summed E-state index contributed by atoms with van der Waals surface area (Å²) in [4.78, 5) is 19.9. The van der Waals surface area contributed by atoms with E-state index >= 15 is 0 Å². The van der Waals surface area contributed by atoms with Gasteiger partial charge in [0.15, 0.2) is 6.04 Å². The first kappa shape index (κ1) is 14.0. The summed E-state index contributed by atoms with van der Waals surface area (Å²) in [6.07, 6.45) is 7.28. The molecule has 0 aliphatic heterocycles. The van der Waals surface area contributed by atoms with Crippen LogP contribution >= 0.6 is 0 Å². The van der Waals surface area contributed by atoms with E-state index in [1.165, 1.54) is 19.3 Å². The van der Waals surface area contributed by atoms with E-state index in [1.807, 2.05) is 0 Å². The fraction of sp³-hybridized carbons (Fsp3) is 1.00. The van der Waals surface area contributed by atoms with Gasteiger partial charge in [-0.05, 0) is 6.42 Å². The normalized spacial score (nSPS) is 12.3. The standard InChI is InChI=1S/C10H20N2O3/c1-2-3-4-5-6-7-8-10(11-13)9-12(14)15/h10H,2-9H2,1H3. The molecule has 1 unspecified atom stereocenters. The Morgan fingerprint density at radius 3 is 2.33 bits per heavy atom. The molecule has 0 aromatic carbocycles. The molecular formula is C10H20N2O3. The van der Waals surface area contributed by atoms with Gasteiger partial charge in [-0.25, -0.2) is 0 Å². The van der Waals surface area contributed by atoms with Crippen LogP contribution in [0.15, 0.2) is 5.18 Å². The Balaban J connectivity index is 3.38. The molecule has 0 N–H and O–H groups in total. The Labute approximate surface area is 90.4 Å². The second-order valence-corrected chi connectivity index (χ2v) is 3.83. The summed E-state index contributed by atoms with van der Waals surface area (Å²) < 4.78 is 0. The molecule has 5 heteroatoms. The number of hydrogen-bond acceptors (Lipinski definition) is 4. The fourth-order valence-electron chi connectivity index (χ4n) is 1.51. The van der Waals surface area contributed by atoms with E-state index in [-0.39, 0.29) is 6.54 Å². The largest absolute Gasteiger partial charge is 0.264 e. The molecule has 1 atom stereocenters. The lowest BCUT2D eigenvalue weighted by Gasteiger charge is -2.03. The van der Waals surface area contributed by atoms with Crippen molar-refractivity contribution in [2.75, 3.05) is 6.54 Å². The Morgan fingerprint density at radius 1 is 1.20 bits per heavy atom. The zero-order valence-electron chi connectivity index (χ0n) is 9.35. The number of nitroso groups, excluding NO2 is 1. The molecule has 0 amide bonds. The van der Waals surface area contributed by atoms with Gasteiger partial charge in [-0.1, -0.05) is 50.6 Å². The first-order valence-corrected chi connectivity index (χ1v) is 5.65. The zero-order chi connectivity index (χ0) is 11.5. The highest BCUT2D eigenvalue weighted by molar-refractivity contribution is 4.63. The van der Waals surface area contributed by atoms with Gasteiger partial charge in [0.1, 0.15) is 0 Å². The summed E-state index contributed by atoms with van der Waals surface area (Å²) in [7, 11) is 0. The van der Waals surface area contributed by atoms with Gasteiger partial charge >= 0.3 is 0 Å². The van der Waals surface area contributed by atoms with Crippen LogP contribution < -0.4 is 0 Å². The third-order valence-electron chi connectivity index (χ3n) is 2.40. The Bertz CT molecular complexity index is 186. The third-order valence-corrected chi connectivity index (χ3v) is 2.40. The number of rotatable bonds is 10. The van der Waals surface area contributed by atoms with E-state index in [1.54, 1.807) is 0 Å². The number of unbranched alkanes of at least 4 members (excludes halogenated alkanes) is 5. The van der Waals surface area contributed by atoms with Crippen LogP contribution in [-0.4, -0.2) is 17.5 Å². The van der Waals surface area contributed by atoms with Crippen molar-refractivity contribution in [1.82, 2.24) is 0 Å². The third kappa shape index (κ3) is 9.31. The molecule has 0 spiro atoms. The molecule has 0 fully saturated rings. The van der Waals surface area contributed by atoms with Crippen molar-refractivity contribution in [1.29, 1.82) is 0 Å². The molecular weight excluding hydrogens is 196 g/mol. The Kier molecular flexibility index (Phi) is 8.91. The molecule has 0 bridgehead atoms. The predicted octanol–water partition coefficient (Wildman–Crippen LogP) is 3.15. The van der Waals surface area contributed by atoms with Crippen molar-refractivity contribution >= 4 is 0 Å². The van der Waals surface area contributed by atoms with Gasteiger partial charge in [0, 0.05) is 4.92 Å². The van der Waals surface area contributed by atoms with Gasteiger partial charge in [-0.15, -0.1) is 0 Å². The minimum Gasteiger partial charge on any atom is -0.264 e. The second kappa shape index (κ2) is 9.55. The lowest BCUT2D eigenvalue weighted by Crippen LogP contribution is -2.17. The topological polar surface area (TPSA) is 72.6 Å². The molecule has 0 rings (SSSR count). The quantitative estimate of drug-likeness (QED) is 0.244. The first-order chi connectivity index (χ1) is 7.20. The highest BCUT2D eigenvalue weighted by Gasteiger charge is 2.14. The summed E-state index contributed by atoms with van der Waals surface area (Å²) >= 11 is 0. The van der Waals surface area contributed by atoms with Crippen molar-refractivity contribution in [2.45, 2.75) is 57.9 Å². The van der Waals surface area contributed by atoms with Gasteiger partial charge in [0.05, 0.1) is 0 Å². The Morgan fingerprint density at radius 2 is 1.80 bits per heavy atom. The van der Waals surface area contributed by atoms with Crippen LogP contribution in [0.5, 0.6) is 0 Å². The van der Waals surface area contributed by atoms with Gasteiger partial charge < -0.3 is 0 Å². The number of hydrogen-bond donors (Lipinski definition) is 0. The summed E-state index contributed by atoms with van der Waals surface area (Å²) in [5, 5.41) is 12.9. The maximum Gasteiger partial charge on any atom is 0.229 e. The van der Waals surface area contributed by atoms with Crippen LogP contribution in [0, 0.1) is 15.0 Å². The molecule has 15 heavy (non-hydrogen) atoms. The van der Waals surface area contributed by atoms with E-state index in [9.17, 15) is 15.0 Å². The minimum atomic E-state index is -0.633. The van der Waals surface area contributed by atoms with Gasteiger partial charge in [-0.3, -0.25) is 10.1 Å². The average molecular weight is 216 g/mol. The molecule has 0 aliphatic carbocycles. The molecule has 0 aliphatic rings. The Hall–Kier alpha value is -1.00. The van der Waals surface area contributed by atoms with E-state index in [0.717, 1.165) is 19.3 Å². The second-order valence-electron chi connectivity index (χ2n) is 3.83. The molecule has 88 valence electrons. The molecule has 0 aromatic rings. The van der Waals surface area contributed by atoms with E-state index in [2.05, 4.69) is 12.1 Å². The maximum absolute atomic E-state index is 10.3. The predicted molar refractivity (Wildman–Crippen MR) is 59.4 cm³/mol. The first-order valence-electron chi connectivity index (χ1n) is 5.65. The lowest BCUT2D eigenvalue weighted by atomic mass is 10.1. The van der Waals surface area contributed by atoms with Gasteiger partial charge in [0.2, 0.25) is 6.54 Å². The number of nitrogens with zero attached hydrogens (tertiary/aromatic N) is 2. The van der Waals surface area contributed by atoms with Crippen molar-refractivity contribution in [3.63, 3.8) is 0 Å². The van der Waals surface area contributed by atoms with Crippen LogP contribution in [0.3, 0.4) is 0 Å². The minimum absolute atomic E-state index is 0.321. The monoisotopic (exact) mass is 216 g/mol. The highest BCUT2D eigenvalue weighted by atomic mass is 16.6. The molecule has 0 saturated heterocycles. The SMILES string of the molecule is CCCCCCCCC(C[N+](=O)[O-])N=O. The summed E-state index contributed by atoms with van der Waals surface area (Å²) in [5.41, 5.74) is 0. The van der Waals surface area contributed by atoms with E-state index < -0.39 is 11.0 Å². The molecule has 0 saturated carbocycles.